The molecule has 1 aliphatic rings. The van der Waals surface area contributed by atoms with Crippen LogP contribution in [0.15, 0.2) is 23.0 Å². The van der Waals surface area contributed by atoms with Crippen LogP contribution in [0.5, 0.6) is 0 Å². The molecule has 0 radical (unpaired) electrons. The van der Waals surface area contributed by atoms with E-state index in [-0.39, 0.29) is 17.5 Å². The first-order valence-corrected chi connectivity index (χ1v) is 9.86. The molecular weight excluding hydrogens is 340 g/mol. The number of benzene rings is 1. The predicted molar refractivity (Wildman–Crippen MR) is 108 cm³/mol. The first kappa shape index (κ1) is 19.5. The molecule has 0 saturated carbocycles. The Hall–Kier alpha value is -2.21. The second-order valence-electron chi connectivity index (χ2n) is 8.10. The number of carbonyl (C=O) groups is 1. The second kappa shape index (κ2) is 7.80. The Labute approximate surface area is 160 Å². The number of hydrogen-bond acceptors (Lipinski definition) is 4. The van der Waals surface area contributed by atoms with Crippen molar-refractivity contribution in [2.45, 2.75) is 59.7 Å². The zero-order chi connectivity index (χ0) is 19.7. The molecule has 2 aromatic rings. The molecule has 0 unspecified atom stereocenters. The minimum absolute atomic E-state index is 0.0110. The van der Waals surface area contributed by atoms with Gasteiger partial charge >= 0.3 is 0 Å². The van der Waals surface area contributed by atoms with Crippen molar-refractivity contribution in [2.24, 2.45) is 5.92 Å². The average Bonchev–Trinajstić information content (AvgIpc) is 2.84. The Morgan fingerprint density at radius 2 is 1.85 bits per heavy atom. The minimum Gasteiger partial charge on any atom is -0.349 e. The van der Waals surface area contributed by atoms with Gasteiger partial charge in [-0.15, -0.1) is 0 Å². The van der Waals surface area contributed by atoms with Crippen molar-refractivity contribution in [3.05, 3.63) is 39.9 Å². The van der Waals surface area contributed by atoms with Crippen molar-refractivity contribution in [2.75, 3.05) is 13.1 Å². The van der Waals surface area contributed by atoms with Crippen LogP contribution < -0.4 is 10.9 Å². The maximum Gasteiger partial charge on any atom is 0.261 e. The maximum atomic E-state index is 13.0. The molecule has 0 fully saturated rings. The van der Waals surface area contributed by atoms with Gasteiger partial charge in [0.1, 0.15) is 5.82 Å². The highest BCUT2D eigenvalue weighted by Gasteiger charge is 2.20. The second-order valence-corrected chi connectivity index (χ2v) is 8.10. The van der Waals surface area contributed by atoms with Crippen LogP contribution in [0.25, 0.3) is 10.9 Å². The lowest BCUT2D eigenvalue weighted by atomic mass is 10.1. The lowest BCUT2D eigenvalue weighted by Crippen LogP contribution is -2.36. The van der Waals surface area contributed by atoms with E-state index in [0.717, 1.165) is 25.3 Å². The van der Waals surface area contributed by atoms with Gasteiger partial charge in [-0.05, 0) is 44.9 Å². The number of amides is 1. The van der Waals surface area contributed by atoms with E-state index in [4.69, 9.17) is 4.98 Å². The van der Waals surface area contributed by atoms with Crippen LogP contribution in [0.3, 0.4) is 0 Å². The average molecular weight is 370 g/mol. The van der Waals surface area contributed by atoms with Gasteiger partial charge in [-0.25, -0.2) is 4.98 Å². The number of aromatic nitrogens is 2. The van der Waals surface area contributed by atoms with Gasteiger partial charge in [-0.2, -0.15) is 0 Å². The van der Waals surface area contributed by atoms with E-state index in [0.29, 0.717) is 35.0 Å². The first-order valence-electron chi connectivity index (χ1n) is 9.86. The third-order valence-corrected chi connectivity index (χ3v) is 5.62. The molecule has 1 aromatic heterocycles. The molecule has 1 aliphatic heterocycles. The maximum absolute atomic E-state index is 13.0. The summed E-state index contributed by atoms with van der Waals surface area (Å²) in [6, 6.07) is 5.73. The summed E-state index contributed by atoms with van der Waals surface area (Å²) in [5, 5.41) is 3.58. The van der Waals surface area contributed by atoms with E-state index in [1.165, 1.54) is 0 Å². The molecule has 2 heterocycles. The molecule has 0 saturated heterocycles. The molecule has 6 heteroatoms. The van der Waals surface area contributed by atoms with Crippen molar-refractivity contribution in [1.29, 1.82) is 0 Å². The van der Waals surface area contributed by atoms with Crippen LogP contribution in [-0.2, 0) is 13.0 Å². The molecule has 1 amide bonds. The number of carbonyl (C=O) groups excluding carboxylic acids is 1. The molecule has 6 nitrogen and oxygen atoms in total. The third-order valence-electron chi connectivity index (χ3n) is 5.62. The normalized spacial score (nSPS) is 16.4. The van der Waals surface area contributed by atoms with Gasteiger partial charge in [-0.3, -0.25) is 19.1 Å². The number of nitrogens with zero attached hydrogens (tertiary/aromatic N) is 3. The van der Waals surface area contributed by atoms with Crippen molar-refractivity contribution >= 4 is 16.8 Å². The molecule has 3 rings (SSSR count). The fourth-order valence-electron chi connectivity index (χ4n) is 3.39. The minimum atomic E-state index is -0.124. The zero-order valence-electron chi connectivity index (χ0n) is 17.0. The highest BCUT2D eigenvalue weighted by Crippen LogP contribution is 2.15. The molecule has 0 spiro atoms. The standard InChI is InChI=1S/C21H30N4O2/c1-13(2)15(5)22-20(26)16-6-7-17-18(12-16)23-19-8-9-24(14(3)4)10-11-25(19)21(17)27/h6-7,12-15H,8-11H2,1-5H3,(H,22,26)/t15-/m1/s1. The van der Waals surface area contributed by atoms with E-state index in [1.54, 1.807) is 22.8 Å². The van der Waals surface area contributed by atoms with Crippen molar-refractivity contribution in [3.63, 3.8) is 0 Å². The molecule has 1 N–H and O–H groups in total. The number of nitrogens with one attached hydrogen (secondary N) is 1. The van der Waals surface area contributed by atoms with E-state index < -0.39 is 0 Å². The smallest absolute Gasteiger partial charge is 0.261 e. The van der Waals surface area contributed by atoms with Gasteiger partial charge in [0.2, 0.25) is 0 Å². The highest BCUT2D eigenvalue weighted by molar-refractivity contribution is 5.97. The Morgan fingerprint density at radius 3 is 2.52 bits per heavy atom. The molecule has 146 valence electrons. The van der Waals surface area contributed by atoms with Crippen LogP contribution in [0.2, 0.25) is 0 Å². The Balaban J connectivity index is 1.95. The van der Waals surface area contributed by atoms with Gasteiger partial charge in [0.05, 0.1) is 10.9 Å². The summed E-state index contributed by atoms with van der Waals surface area (Å²) >= 11 is 0. The lowest BCUT2D eigenvalue weighted by molar-refractivity contribution is 0.0930. The Kier molecular flexibility index (Phi) is 5.65. The van der Waals surface area contributed by atoms with Crippen molar-refractivity contribution in [1.82, 2.24) is 19.8 Å². The fourth-order valence-corrected chi connectivity index (χ4v) is 3.39. The van der Waals surface area contributed by atoms with Gasteiger partial charge in [0.15, 0.2) is 0 Å². The quantitative estimate of drug-likeness (QED) is 0.898. The lowest BCUT2D eigenvalue weighted by Gasteiger charge is -2.23. The molecule has 27 heavy (non-hydrogen) atoms. The molecule has 0 aliphatic carbocycles. The first-order chi connectivity index (χ1) is 12.8. The molecule has 1 aromatic carbocycles. The topological polar surface area (TPSA) is 67.2 Å². The number of fused-ring (bicyclic) bond motifs is 2. The fraction of sp³-hybridized carbons (Fsp3) is 0.571. The molecule has 0 bridgehead atoms. The van der Waals surface area contributed by atoms with E-state index in [2.05, 4.69) is 37.9 Å². The third kappa shape index (κ3) is 4.05. The number of rotatable bonds is 4. The van der Waals surface area contributed by atoms with Crippen LogP contribution in [0.1, 0.15) is 50.8 Å². The van der Waals surface area contributed by atoms with Crippen LogP contribution in [0.4, 0.5) is 0 Å². The predicted octanol–water partition coefficient (Wildman–Crippen LogP) is 2.44. The van der Waals surface area contributed by atoms with Crippen molar-refractivity contribution in [3.8, 4) is 0 Å². The summed E-state index contributed by atoms with van der Waals surface area (Å²) in [7, 11) is 0. The Morgan fingerprint density at radius 1 is 1.11 bits per heavy atom. The summed E-state index contributed by atoms with van der Waals surface area (Å²) in [6.45, 7) is 12.9. The van der Waals surface area contributed by atoms with Crippen molar-refractivity contribution < 1.29 is 4.79 Å². The van der Waals surface area contributed by atoms with E-state index in [1.807, 2.05) is 6.92 Å². The summed E-state index contributed by atoms with van der Waals surface area (Å²) in [6.07, 6.45) is 0.740. The summed E-state index contributed by atoms with van der Waals surface area (Å²) in [4.78, 5) is 32.6. The molecule has 1 atom stereocenters. The van der Waals surface area contributed by atoms with E-state index >= 15 is 0 Å². The zero-order valence-corrected chi connectivity index (χ0v) is 17.0. The summed E-state index contributed by atoms with van der Waals surface area (Å²) in [5.74, 6) is 1.04. The number of hydrogen-bond donors (Lipinski definition) is 1. The van der Waals surface area contributed by atoms with Gasteiger partial charge in [0, 0.05) is 43.7 Å². The van der Waals surface area contributed by atoms with Crippen LogP contribution in [-0.4, -0.2) is 45.5 Å². The summed E-state index contributed by atoms with van der Waals surface area (Å²) < 4.78 is 1.80. The van der Waals surface area contributed by atoms with Crippen LogP contribution >= 0.6 is 0 Å². The van der Waals surface area contributed by atoms with Gasteiger partial charge in [-0.1, -0.05) is 13.8 Å². The SMILES string of the molecule is CC(C)[C@@H](C)NC(=O)c1ccc2c(=O)n3c(nc2c1)CCN(C(C)C)CC3. The molecular formula is C21H30N4O2. The largest absolute Gasteiger partial charge is 0.349 e. The highest BCUT2D eigenvalue weighted by atomic mass is 16.1. The van der Waals surface area contributed by atoms with Gasteiger partial charge < -0.3 is 5.32 Å². The monoisotopic (exact) mass is 370 g/mol. The van der Waals surface area contributed by atoms with Gasteiger partial charge in [0.25, 0.3) is 11.5 Å². The Bertz CT molecular complexity index is 901. The summed E-state index contributed by atoms with van der Waals surface area (Å²) in [5.41, 5.74) is 1.14. The van der Waals surface area contributed by atoms with E-state index in [9.17, 15) is 9.59 Å². The van der Waals surface area contributed by atoms with Crippen LogP contribution in [0, 0.1) is 5.92 Å².